The molecule has 0 radical (unpaired) electrons. The topological polar surface area (TPSA) is 77.8 Å². The Kier molecular flexibility index (Phi) is 4.04. The second-order valence-electron chi connectivity index (χ2n) is 4.16. The standard InChI is InChI=1S/C13H18N4O/c1-3-9-6-5-7-15-11(9)12-16-13(18-17-12)10(4-2)8-14/h5-7,10H,3-4,8,14H2,1-2H3. The highest BCUT2D eigenvalue weighted by molar-refractivity contribution is 5.53. The number of hydrogen-bond donors (Lipinski definition) is 1. The van der Waals surface area contributed by atoms with Crippen LogP contribution in [0.25, 0.3) is 11.5 Å². The van der Waals surface area contributed by atoms with Gasteiger partial charge in [0.1, 0.15) is 5.69 Å². The number of rotatable bonds is 5. The van der Waals surface area contributed by atoms with Gasteiger partial charge in [0.25, 0.3) is 0 Å². The molecule has 0 fully saturated rings. The summed E-state index contributed by atoms with van der Waals surface area (Å²) in [6, 6.07) is 3.94. The van der Waals surface area contributed by atoms with Crippen molar-refractivity contribution in [1.29, 1.82) is 0 Å². The highest BCUT2D eigenvalue weighted by atomic mass is 16.5. The van der Waals surface area contributed by atoms with Crippen molar-refractivity contribution in [2.75, 3.05) is 6.54 Å². The van der Waals surface area contributed by atoms with Crippen LogP contribution in [0.15, 0.2) is 22.9 Å². The van der Waals surface area contributed by atoms with E-state index in [2.05, 4.69) is 29.0 Å². The third kappa shape index (κ3) is 2.41. The Morgan fingerprint density at radius 3 is 2.89 bits per heavy atom. The number of aryl methyl sites for hydroxylation is 1. The van der Waals surface area contributed by atoms with Gasteiger partial charge in [-0.2, -0.15) is 4.98 Å². The first kappa shape index (κ1) is 12.7. The van der Waals surface area contributed by atoms with E-state index < -0.39 is 0 Å². The van der Waals surface area contributed by atoms with E-state index in [1.54, 1.807) is 6.20 Å². The molecule has 0 aliphatic rings. The van der Waals surface area contributed by atoms with Gasteiger partial charge in [0, 0.05) is 12.7 Å². The molecule has 2 heterocycles. The van der Waals surface area contributed by atoms with Gasteiger partial charge in [0.15, 0.2) is 0 Å². The van der Waals surface area contributed by atoms with Crippen molar-refractivity contribution >= 4 is 0 Å². The van der Waals surface area contributed by atoms with E-state index in [0.29, 0.717) is 18.3 Å². The number of nitrogens with two attached hydrogens (primary N) is 1. The Bertz CT molecular complexity index is 505. The van der Waals surface area contributed by atoms with E-state index in [-0.39, 0.29) is 5.92 Å². The molecule has 1 atom stereocenters. The van der Waals surface area contributed by atoms with E-state index in [1.807, 2.05) is 12.1 Å². The molecule has 5 heteroatoms. The molecule has 2 rings (SSSR count). The minimum Gasteiger partial charge on any atom is -0.339 e. The smallest absolute Gasteiger partial charge is 0.231 e. The molecule has 0 spiro atoms. The van der Waals surface area contributed by atoms with Gasteiger partial charge in [-0.05, 0) is 24.5 Å². The first-order chi connectivity index (χ1) is 8.80. The van der Waals surface area contributed by atoms with Crippen LogP contribution < -0.4 is 5.73 Å². The molecule has 2 aromatic heterocycles. The second-order valence-corrected chi connectivity index (χ2v) is 4.16. The predicted molar refractivity (Wildman–Crippen MR) is 69.0 cm³/mol. The lowest BCUT2D eigenvalue weighted by atomic mass is 10.1. The molecule has 0 saturated carbocycles. The Labute approximate surface area is 106 Å². The van der Waals surface area contributed by atoms with Crippen molar-refractivity contribution < 1.29 is 4.52 Å². The van der Waals surface area contributed by atoms with Crippen molar-refractivity contribution in [1.82, 2.24) is 15.1 Å². The summed E-state index contributed by atoms with van der Waals surface area (Å²) < 4.78 is 5.28. The van der Waals surface area contributed by atoms with Crippen molar-refractivity contribution in [2.45, 2.75) is 32.6 Å². The molecule has 0 aliphatic heterocycles. The zero-order valence-corrected chi connectivity index (χ0v) is 10.8. The van der Waals surface area contributed by atoms with Gasteiger partial charge in [0.05, 0.1) is 5.92 Å². The molecule has 18 heavy (non-hydrogen) atoms. The molecule has 2 aromatic rings. The highest BCUT2D eigenvalue weighted by Crippen LogP contribution is 2.22. The Morgan fingerprint density at radius 2 is 2.22 bits per heavy atom. The number of aromatic nitrogens is 3. The lowest BCUT2D eigenvalue weighted by molar-refractivity contribution is 0.351. The maximum Gasteiger partial charge on any atom is 0.231 e. The Hall–Kier alpha value is -1.75. The van der Waals surface area contributed by atoms with Crippen LogP contribution in [0.4, 0.5) is 0 Å². The van der Waals surface area contributed by atoms with Crippen LogP contribution >= 0.6 is 0 Å². The summed E-state index contributed by atoms with van der Waals surface area (Å²) in [6.07, 6.45) is 3.52. The minimum absolute atomic E-state index is 0.125. The van der Waals surface area contributed by atoms with Crippen LogP contribution in [0.2, 0.25) is 0 Å². The molecular weight excluding hydrogens is 228 g/mol. The van der Waals surface area contributed by atoms with Crippen molar-refractivity contribution in [3.63, 3.8) is 0 Å². The van der Waals surface area contributed by atoms with E-state index in [0.717, 1.165) is 24.1 Å². The lowest BCUT2D eigenvalue weighted by Gasteiger charge is -2.04. The molecule has 5 nitrogen and oxygen atoms in total. The van der Waals surface area contributed by atoms with E-state index >= 15 is 0 Å². The Balaban J connectivity index is 2.34. The van der Waals surface area contributed by atoms with Crippen LogP contribution in [0.1, 0.15) is 37.6 Å². The molecule has 0 amide bonds. The monoisotopic (exact) mass is 246 g/mol. The van der Waals surface area contributed by atoms with E-state index in [4.69, 9.17) is 10.3 Å². The van der Waals surface area contributed by atoms with E-state index in [9.17, 15) is 0 Å². The van der Waals surface area contributed by atoms with Crippen LogP contribution in [0.3, 0.4) is 0 Å². The normalized spacial score (nSPS) is 12.6. The summed E-state index contributed by atoms with van der Waals surface area (Å²) in [7, 11) is 0. The first-order valence-corrected chi connectivity index (χ1v) is 6.28. The van der Waals surface area contributed by atoms with Crippen LogP contribution in [0, 0.1) is 0 Å². The minimum atomic E-state index is 0.125. The fraction of sp³-hybridized carbons (Fsp3) is 0.462. The van der Waals surface area contributed by atoms with Gasteiger partial charge in [0.2, 0.25) is 11.7 Å². The van der Waals surface area contributed by atoms with Crippen molar-refractivity contribution in [2.24, 2.45) is 5.73 Å². The second kappa shape index (κ2) is 5.73. The van der Waals surface area contributed by atoms with Crippen LogP contribution in [-0.4, -0.2) is 21.7 Å². The summed E-state index contributed by atoms with van der Waals surface area (Å²) in [4.78, 5) is 8.74. The Morgan fingerprint density at radius 1 is 1.39 bits per heavy atom. The van der Waals surface area contributed by atoms with Gasteiger partial charge in [-0.3, -0.25) is 4.98 Å². The summed E-state index contributed by atoms with van der Waals surface area (Å²) in [6.45, 7) is 4.65. The maximum atomic E-state index is 5.68. The molecule has 0 bridgehead atoms. The molecule has 0 aromatic carbocycles. The van der Waals surface area contributed by atoms with Gasteiger partial charge < -0.3 is 10.3 Å². The first-order valence-electron chi connectivity index (χ1n) is 6.28. The lowest BCUT2D eigenvalue weighted by Crippen LogP contribution is -2.11. The molecular formula is C13H18N4O. The molecule has 2 N–H and O–H groups in total. The van der Waals surface area contributed by atoms with Gasteiger partial charge >= 0.3 is 0 Å². The third-order valence-corrected chi connectivity index (χ3v) is 3.05. The predicted octanol–water partition coefficient (Wildman–Crippen LogP) is 2.15. The largest absolute Gasteiger partial charge is 0.339 e. The molecule has 96 valence electrons. The summed E-state index contributed by atoms with van der Waals surface area (Å²) in [5.41, 5.74) is 7.59. The summed E-state index contributed by atoms with van der Waals surface area (Å²) in [5, 5.41) is 4.01. The average molecular weight is 246 g/mol. The maximum absolute atomic E-state index is 5.68. The number of nitrogens with zero attached hydrogens (tertiary/aromatic N) is 3. The SMILES string of the molecule is CCc1cccnc1-c1noc(C(CC)CN)n1. The van der Waals surface area contributed by atoms with Crippen LogP contribution in [0.5, 0.6) is 0 Å². The fourth-order valence-electron chi connectivity index (χ4n) is 1.86. The van der Waals surface area contributed by atoms with Crippen LogP contribution in [-0.2, 0) is 6.42 Å². The zero-order chi connectivity index (χ0) is 13.0. The molecule has 1 unspecified atom stereocenters. The van der Waals surface area contributed by atoms with Gasteiger partial charge in [-0.25, -0.2) is 0 Å². The van der Waals surface area contributed by atoms with Gasteiger partial charge in [-0.15, -0.1) is 0 Å². The van der Waals surface area contributed by atoms with Crippen molar-refractivity contribution in [3.8, 4) is 11.5 Å². The van der Waals surface area contributed by atoms with Gasteiger partial charge in [-0.1, -0.05) is 25.1 Å². The highest BCUT2D eigenvalue weighted by Gasteiger charge is 2.18. The zero-order valence-electron chi connectivity index (χ0n) is 10.8. The number of pyridine rings is 1. The fourth-order valence-corrected chi connectivity index (χ4v) is 1.86. The molecule has 0 aliphatic carbocycles. The quantitative estimate of drug-likeness (QED) is 0.874. The number of hydrogen-bond acceptors (Lipinski definition) is 5. The third-order valence-electron chi connectivity index (χ3n) is 3.05. The summed E-state index contributed by atoms with van der Waals surface area (Å²) in [5.74, 6) is 1.28. The van der Waals surface area contributed by atoms with E-state index in [1.165, 1.54) is 0 Å². The molecule has 0 saturated heterocycles. The average Bonchev–Trinajstić information content (AvgIpc) is 2.89. The van der Waals surface area contributed by atoms with Crippen molar-refractivity contribution in [3.05, 3.63) is 29.8 Å². The summed E-state index contributed by atoms with van der Waals surface area (Å²) >= 11 is 0.